The van der Waals surface area contributed by atoms with Gasteiger partial charge in [-0.1, -0.05) is 23.7 Å². The van der Waals surface area contributed by atoms with Crippen LogP contribution in [0, 0.1) is 6.92 Å². The molecule has 1 fully saturated rings. The first-order valence-corrected chi connectivity index (χ1v) is 9.48. The molecule has 0 radical (unpaired) electrons. The monoisotopic (exact) mass is 417 g/mol. The number of aliphatic hydroxyl groups excluding tert-OH is 2. The fraction of sp³-hybridized carbons (Fsp3) is 0.368. The highest BCUT2D eigenvalue weighted by molar-refractivity contribution is 6.30. The Morgan fingerprint density at radius 3 is 2.72 bits per heavy atom. The predicted octanol–water partition coefficient (Wildman–Crippen LogP) is 0.766. The second-order valence-corrected chi connectivity index (χ2v) is 7.37. The molecule has 4 atom stereocenters. The van der Waals surface area contributed by atoms with Gasteiger partial charge in [-0.05, 0) is 24.6 Å². The maximum absolute atomic E-state index is 12.2. The van der Waals surface area contributed by atoms with E-state index in [9.17, 15) is 15.0 Å². The third kappa shape index (κ3) is 3.95. The molecule has 0 aliphatic carbocycles. The van der Waals surface area contributed by atoms with Crippen molar-refractivity contribution in [1.29, 1.82) is 0 Å². The van der Waals surface area contributed by atoms with Gasteiger partial charge in [-0.25, -0.2) is 15.0 Å². The summed E-state index contributed by atoms with van der Waals surface area (Å²) in [5, 5.41) is 24.2. The van der Waals surface area contributed by atoms with Crippen molar-refractivity contribution in [3.8, 4) is 0 Å². The van der Waals surface area contributed by atoms with Crippen LogP contribution in [0.1, 0.15) is 17.5 Å². The number of hydrogen-bond donors (Lipinski definition) is 3. The Labute approximate surface area is 171 Å². The number of imidazole rings is 1. The Hall–Kier alpha value is -2.59. The SMILES string of the molecule is Cc1ncnc2c1ncn2C1OC(CNC(=O)Cc2ccc(Cl)cc2)C(O)C1O. The van der Waals surface area contributed by atoms with Crippen LogP contribution < -0.4 is 5.32 Å². The van der Waals surface area contributed by atoms with Gasteiger partial charge in [0.15, 0.2) is 11.9 Å². The van der Waals surface area contributed by atoms with Crippen molar-refractivity contribution in [3.05, 3.63) is 53.2 Å². The van der Waals surface area contributed by atoms with E-state index in [1.807, 2.05) is 0 Å². The molecule has 10 heteroatoms. The number of fused-ring (bicyclic) bond motifs is 1. The van der Waals surface area contributed by atoms with Gasteiger partial charge in [-0.15, -0.1) is 0 Å². The van der Waals surface area contributed by atoms with E-state index in [4.69, 9.17) is 16.3 Å². The second-order valence-electron chi connectivity index (χ2n) is 6.94. The molecule has 1 saturated heterocycles. The van der Waals surface area contributed by atoms with Crippen LogP contribution in [0.4, 0.5) is 0 Å². The lowest BCUT2D eigenvalue weighted by molar-refractivity contribution is -0.121. The lowest BCUT2D eigenvalue weighted by atomic mass is 10.1. The van der Waals surface area contributed by atoms with Crippen molar-refractivity contribution in [2.45, 2.75) is 37.9 Å². The van der Waals surface area contributed by atoms with Crippen molar-refractivity contribution >= 4 is 28.7 Å². The molecule has 0 bridgehead atoms. The van der Waals surface area contributed by atoms with E-state index < -0.39 is 24.5 Å². The second kappa shape index (κ2) is 8.03. The molecular weight excluding hydrogens is 398 g/mol. The van der Waals surface area contributed by atoms with Gasteiger partial charge >= 0.3 is 0 Å². The maximum Gasteiger partial charge on any atom is 0.224 e. The molecule has 0 spiro atoms. The molecule has 3 aromatic rings. The Morgan fingerprint density at radius 2 is 1.97 bits per heavy atom. The lowest BCUT2D eigenvalue weighted by Gasteiger charge is -2.16. The standard InChI is InChI=1S/C19H20ClN5O4/c1-10-15-18(23-8-22-10)25(9-24-15)19-17(28)16(27)13(29-19)7-21-14(26)6-11-2-4-12(20)5-3-11/h2-5,8-9,13,16-17,19,27-28H,6-7H2,1H3,(H,21,26). The molecule has 1 amide bonds. The third-order valence-electron chi connectivity index (χ3n) is 4.93. The number of ether oxygens (including phenoxy) is 1. The first-order valence-electron chi connectivity index (χ1n) is 9.11. The molecule has 1 aliphatic heterocycles. The summed E-state index contributed by atoms with van der Waals surface area (Å²) in [6.07, 6.45) is -0.936. The van der Waals surface area contributed by atoms with Crippen molar-refractivity contribution in [1.82, 2.24) is 24.8 Å². The quantitative estimate of drug-likeness (QED) is 0.560. The van der Waals surface area contributed by atoms with E-state index in [0.717, 1.165) is 5.56 Å². The molecule has 4 unspecified atom stereocenters. The van der Waals surface area contributed by atoms with Crippen LogP contribution in [0.5, 0.6) is 0 Å². The molecule has 0 saturated carbocycles. The van der Waals surface area contributed by atoms with Crippen molar-refractivity contribution in [2.24, 2.45) is 0 Å². The van der Waals surface area contributed by atoms with Crippen LogP contribution in [0.25, 0.3) is 11.2 Å². The van der Waals surface area contributed by atoms with Crippen LogP contribution in [0.15, 0.2) is 36.9 Å². The minimum absolute atomic E-state index is 0.0573. The first-order chi connectivity index (χ1) is 13.9. The number of amides is 1. The van der Waals surface area contributed by atoms with E-state index in [2.05, 4.69) is 20.3 Å². The Balaban J connectivity index is 1.41. The molecule has 3 heterocycles. The number of aryl methyl sites for hydroxylation is 1. The Kier molecular flexibility index (Phi) is 5.46. The van der Waals surface area contributed by atoms with Gasteiger partial charge in [0.25, 0.3) is 0 Å². The highest BCUT2D eigenvalue weighted by atomic mass is 35.5. The van der Waals surface area contributed by atoms with E-state index in [0.29, 0.717) is 21.9 Å². The largest absolute Gasteiger partial charge is 0.387 e. The minimum Gasteiger partial charge on any atom is -0.387 e. The fourth-order valence-corrected chi connectivity index (χ4v) is 3.47. The van der Waals surface area contributed by atoms with E-state index in [1.165, 1.54) is 12.7 Å². The van der Waals surface area contributed by atoms with Crippen LogP contribution in [0.2, 0.25) is 5.02 Å². The van der Waals surface area contributed by atoms with Crippen molar-refractivity contribution in [3.63, 3.8) is 0 Å². The molecule has 3 N–H and O–H groups in total. The summed E-state index contributed by atoms with van der Waals surface area (Å²) >= 11 is 5.84. The van der Waals surface area contributed by atoms with Crippen LogP contribution in [-0.2, 0) is 16.0 Å². The van der Waals surface area contributed by atoms with Gasteiger partial charge in [-0.3, -0.25) is 9.36 Å². The van der Waals surface area contributed by atoms with Gasteiger partial charge in [-0.2, -0.15) is 0 Å². The average molecular weight is 418 g/mol. The third-order valence-corrected chi connectivity index (χ3v) is 5.18. The molecule has 1 aliphatic rings. The molecule has 4 rings (SSSR count). The molecule has 1 aromatic carbocycles. The molecule has 2 aromatic heterocycles. The van der Waals surface area contributed by atoms with Gasteiger partial charge in [0, 0.05) is 11.6 Å². The van der Waals surface area contributed by atoms with Gasteiger partial charge in [0.1, 0.15) is 30.2 Å². The number of aromatic nitrogens is 4. The summed E-state index contributed by atoms with van der Waals surface area (Å²) in [5.41, 5.74) is 2.61. The number of carbonyl (C=O) groups is 1. The Bertz CT molecular complexity index is 1030. The zero-order chi connectivity index (χ0) is 20.5. The Morgan fingerprint density at radius 1 is 1.21 bits per heavy atom. The van der Waals surface area contributed by atoms with Gasteiger partial charge < -0.3 is 20.3 Å². The maximum atomic E-state index is 12.2. The normalized spacial score (nSPS) is 24.1. The summed E-state index contributed by atoms with van der Waals surface area (Å²) in [5.74, 6) is -0.225. The van der Waals surface area contributed by atoms with Crippen molar-refractivity contribution in [2.75, 3.05) is 6.54 Å². The molecule has 29 heavy (non-hydrogen) atoms. The van der Waals surface area contributed by atoms with E-state index in [-0.39, 0.29) is 18.9 Å². The van der Waals surface area contributed by atoms with E-state index in [1.54, 1.807) is 35.8 Å². The zero-order valence-corrected chi connectivity index (χ0v) is 16.3. The number of carbonyl (C=O) groups excluding carboxylic acids is 1. The fourth-order valence-electron chi connectivity index (χ4n) is 3.35. The first kappa shape index (κ1) is 19.7. The molecule has 152 valence electrons. The summed E-state index contributed by atoms with van der Waals surface area (Å²) in [4.78, 5) is 24.7. The summed E-state index contributed by atoms with van der Waals surface area (Å²) in [6, 6.07) is 6.98. The smallest absolute Gasteiger partial charge is 0.224 e. The predicted molar refractivity (Wildman–Crippen MR) is 104 cm³/mol. The van der Waals surface area contributed by atoms with Crippen LogP contribution in [-0.4, -0.2) is 60.5 Å². The van der Waals surface area contributed by atoms with Gasteiger partial charge in [0.05, 0.1) is 18.4 Å². The number of rotatable bonds is 5. The molecular formula is C19H20ClN5O4. The number of nitrogens with one attached hydrogen (secondary N) is 1. The van der Waals surface area contributed by atoms with Gasteiger partial charge in [0.2, 0.25) is 5.91 Å². The summed E-state index contributed by atoms with van der Waals surface area (Å²) < 4.78 is 7.39. The summed E-state index contributed by atoms with van der Waals surface area (Å²) in [7, 11) is 0. The highest BCUT2D eigenvalue weighted by Gasteiger charge is 2.44. The number of aliphatic hydroxyl groups is 2. The van der Waals surface area contributed by atoms with Crippen molar-refractivity contribution < 1.29 is 19.7 Å². The number of nitrogens with zero attached hydrogens (tertiary/aromatic N) is 4. The molecule has 9 nitrogen and oxygen atoms in total. The highest BCUT2D eigenvalue weighted by Crippen LogP contribution is 2.31. The van der Waals surface area contributed by atoms with E-state index >= 15 is 0 Å². The minimum atomic E-state index is -1.19. The summed E-state index contributed by atoms with van der Waals surface area (Å²) in [6.45, 7) is 1.86. The van der Waals surface area contributed by atoms with Crippen LogP contribution in [0.3, 0.4) is 0 Å². The zero-order valence-electron chi connectivity index (χ0n) is 15.6. The lowest BCUT2D eigenvalue weighted by Crippen LogP contribution is -2.40. The topological polar surface area (TPSA) is 122 Å². The average Bonchev–Trinajstić information content (AvgIpc) is 3.25. The number of benzene rings is 1. The van der Waals surface area contributed by atoms with Crippen LogP contribution >= 0.6 is 11.6 Å². The number of hydrogen-bond acceptors (Lipinski definition) is 7. The number of halogens is 1.